The van der Waals surface area contributed by atoms with E-state index in [0.717, 1.165) is 43.7 Å². The number of hydrogen-bond donors (Lipinski definition) is 1. The number of unbranched alkanes of at least 4 members (excludes halogenated alkanes) is 1. The molecule has 1 heterocycles. The summed E-state index contributed by atoms with van der Waals surface area (Å²) < 4.78 is 0. The first kappa shape index (κ1) is 21.7. The molecule has 2 aromatic carbocycles. The van der Waals surface area contributed by atoms with Crippen molar-refractivity contribution in [3.05, 3.63) is 70.8 Å². The van der Waals surface area contributed by atoms with Gasteiger partial charge in [0.15, 0.2) is 0 Å². The first-order valence-corrected chi connectivity index (χ1v) is 12.7. The lowest BCUT2D eigenvalue weighted by Crippen LogP contribution is -2.58. The van der Waals surface area contributed by atoms with Crippen LogP contribution in [0.4, 0.5) is 0 Å². The van der Waals surface area contributed by atoms with Crippen molar-refractivity contribution >= 4 is 5.91 Å². The molecule has 170 valence electrons. The average Bonchev–Trinajstić information content (AvgIpc) is 3.62. The molecule has 3 atom stereocenters. The second-order valence-corrected chi connectivity index (χ2v) is 10.7. The highest BCUT2D eigenvalue weighted by Gasteiger charge is 2.49. The standard InChI is InChI=1S/C29H38N2O/c1-21-27-19-24-13-14-25(28(32)30-16-7-6-10-22-8-4-3-5-9-22)18-26(24)29(21,2)15-17-31(27)20-23-11-12-23/h3-5,8-9,13-14,18,21,23,27H,6-7,10-12,15-17,19-20H2,1-2H3,(H,30,32)/t21-,27?,29-/m0/s1. The number of piperidine rings is 1. The highest BCUT2D eigenvalue weighted by Crippen LogP contribution is 2.49. The smallest absolute Gasteiger partial charge is 0.251 e. The number of likely N-dealkylation sites (tertiary alicyclic amines) is 1. The SMILES string of the molecule is C[C@H]1C2Cc3ccc(C(=O)NCCCCc4ccccc4)cc3[C@@]1(C)CCN2CC1CC1. The van der Waals surface area contributed by atoms with Crippen molar-refractivity contribution in [1.82, 2.24) is 10.2 Å². The third kappa shape index (κ3) is 4.37. The molecular weight excluding hydrogens is 392 g/mol. The molecule has 3 aliphatic rings. The first-order chi connectivity index (χ1) is 15.5. The van der Waals surface area contributed by atoms with Gasteiger partial charge in [0, 0.05) is 24.7 Å². The summed E-state index contributed by atoms with van der Waals surface area (Å²) in [5.74, 6) is 1.67. The van der Waals surface area contributed by atoms with E-state index in [0.29, 0.717) is 12.0 Å². The van der Waals surface area contributed by atoms with Crippen molar-refractivity contribution in [2.24, 2.45) is 11.8 Å². The van der Waals surface area contributed by atoms with Crippen molar-refractivity contribution in [2.45, 2.75) is 70.3 Å². The second-order valence-electron chi connectivity index (χ2n) is 10.7. The molecule has 32 heavy (non-hydrogen) atoms. The Morgan fingerprint density at radius 3 is 2.72 bits per heavy atom. The number of aryl methyl sites for hydroxylation is 1. The molecule has 2 aliphatic carbocycles. The quantitative estimate of drug-likeness (QED) is 0.571. The Kier molecular flexibility index (Phi) is 6.11. The van der Waals surface area contributed by atoms with Gasteiger partial charge in [-0.25, -0.2) is 0 Å². The molecule has 1 amide bonds. The van der Waals surface area contributed by atoms with Crippen LogP contribution in [0.1, 0.15) is 73.0 Å². The Morgan fingerprint density at radius 2 is 1.94 bits per heavy atom. The maximum Gasteiger partial charge on any atom is 0.251 e. The number of carbonyl (C=O) groups excluding carboxylic acids is 1. The van der Waals surface area contributed by atoms with E-state index >= 15 is 0 Å². The fourth-order valence-electron chi connectivity index (χ4n) is 6.11. The lowest BCUT2D eigenvalue weighted by atomic mass is 9.59. The Balaban J connectivity index is 1.20. The summed E-state index contributed by atoms with van der Waals surface area (Å²) in [6.07, 6.45) is 8.38. The predicted octanol–water partition coefficient (Wildman–Crippen LogP) is 5.37. The molecule has 3 heteroatoms. The molecule has 1 saturated carbocycles. The molecule has 1 aliphatic heterocycles. The normalized spacial score (nSPS) is 27.1. The molecular formula is C29H38N2O. The van der Waals surface area contributed by atoms with Gasteiger partial charge >= 0.3 is 0 Å². The fraction of sp³-hybridized carbons (Fsp3) is 0.552. The van der Waals surface area contributed by atoms with Gasteiger partial charge < -0.3 is 5.32 Å². The van der Waals surface area contributed by atoms with Gasteiger partial charge in [-0.2, -0.15) is 0 Å². The highest BCUT2D eigenvalue weighted by atomic mass is 16.1. The molecule has 1 unspecified atom stereocenters. The summed E-state index contributed by atoms with van der Waals surface area (Å²) in [5.41, 5.74) is 5.29. The molecule has 0 spiro atoms. The van der Waals surface area contributed by atoms with Crippen LogP contribution in [-0.4, -0.2) is 36.5 Å². The van der Waals surface area contributed by atoms with E-state index in [-0.39, 0.29) is 11.3 Å². The zero-order chi connectivity index (χ0) is 22.1. The van der Waals surface area contributed by atoms with Gasteiger partial charge in [-0.15, -0.1) is 0 Å². The number of nitrogens with zero attached hydrogens (tertiary/aromatic N) is 1. The minimum Gasteiger partial charge on any atom is -0.352 e. The van der Waals surface area contributed by atoms with Gasteiger partial charge in [0.25, 0.3) is 5.91 Å². The third-order valence-corrected chi connectivity index (χ3v) is 8.60. The topological polar surface area (TPSA) is 32.3 Å². The number of hydrogen-bond acceptors (Lipinski definition) is 2. The second kappa shape index (κ2) is 9.02. The van der Waals surface area contributed by atoms with Gasteiger partial charge in [0.05, 0.1) is 0 Å². The van der Waals surface area contributed by atoms with Crippen LogP contribution in [0, 0.1) is 11.8 Å². The van der Waals surface area contributed by atoms with E-state index in [4.69, 9.17) is 0 Å². The number of rotatable bonds is 8. The number of carbonyl (C=O) groups is 1. The minimum atomic E-state index is 0.0806. The summed E-state index contributed by atoms with van der Waals surface area (Å²) in [6, 6.07) is 17.8. The van der Waals surface area contributed by atoms with Crippen LogP contribution in [0.25, 0.3) is 0 Å². The number of nitrogens with one attached hydrogen (secondary N) is 1. The van der Waals surface area contributed by atoms with Crippen LogP contribution in [0.2, 0.25) is 0 Å². The maximum atomic E-state index is 12.9. The van der Waals surface area contributed by atoms with Gasteiger partial charge in [-0.3, -0.25) is 9.69 Å². The largest absolute Gasteiger partial charge is 0.352 e. The Hall–Kier alpha value is -2.13. The van der Waals surface area contributed by atoms with Crippen LogP contribution >= 0.6 is 0 Å². The highest BCUT2D eigenvalue weighted by molar-refractivity contribution is 5.94. The molecule has 5 rings (SSSR count). The Labute approximate surface area is 193 Å². The van der Waals surface area contributed by atoms with Gasteiger partial charge in [0.2, 0.25) is 0 Å². The Bertz CT molecular complexity index is 951. The fourth-order valence-corrected chi connectivity index (χ4v) is 6.11. The lowest BCUT2D eigenvalue weighted by molar-refractivity contribution is 0.0284. The summed E-state index contributed by atoms with van der Waals surface area (Å²) >= 11 is 0. The average molecular weight is 431 g/mol. The van der Waals surface area contributed by atoms with Crippen molar-refractivity contribution in [1.29, 1.82) is 0 Å². The summed E-state index contributed by atoms with van der Waals surface area (Å²) in [4.78, 5) is 15.7. The zero-order valence-corrected chi connectivity index (χ0v) is 19.8. The molecule has 2 bridgehead atoms. The van der Waals surface area contributed by atoms with Crippen LogP contribution in [-0.2, 0) is 18.3 Å². The Morgan fingerprint density at radius 1 is 1.12 bits per heavy atom. The number of benzene rings is 2. The molecule has 1 N–H and O–H groups in total. The first-order valence-electron chi connectivity index (χ1n) is 12.7. The molecule has 0 aromatic heterocycles. The van der Waals surface area contributed by atoms with E-state index in [2.05, 4.69) is 72.6 Å². The van der Waals surface area contributed by atoms with Crippen LogP contribution in [0.15, 0.2) is 48.5 Å². The number of fused-ring (bicyclic) bond motifs is 4. The molecule has 2 aromatic rings. The third-order valence-electron chi connectivity index (χ3n) is 8.60. The summed E-state index contributed by atoms with van der Waals surface area (Å²) in [7, 11) is 0. The number of amides is 1. The molecule has 0 radical (unpaired) electrons. The van der Waals surface area contributed by atoms with E-state index in [1.54, 1.807) is 0 Å². The summed E-state index contributed by atoms with van der Waals surface area (Å²) in [6.45, 7) is 8.15. The van der Waals surface area contributed by atoms with E-state index < -0.39 is 0 Å². The van der Waals surface area contributed by atoms with Gasteiger partial charge in [0.1, 0.15) is 0 Å². The zero-order valence-electron chi connectivity index (χ0n) is 19.8. The van der Waals surface area contributed by atoms with Crippen LogP contribution < -0.4 is 5.32 Å². The molecule has 1 saturated heterocycles. The van der Waals surface area contributed by atoms with Crippen molar-refractivity contribution in [3.63, 3.8) is 0 Å². The lowest BCUT2D eigenvalue weighted by Gasteiger charge is -2.55. The monoisotopic (exact) mass is 430 g/mol. The minimum absolute atomic E-state index is 0.0806. The van der Waals surface area contributed by atoms with E-state index in [1.165, 1.54) is 49.0 Å². The van der Waals surface area contributed by atoms with E-state index in [1.807, 2.05) is 0 Å². The molecule has 2 fully saturated rings. The van der Waals surface area contributed by atoms with Crippen molar-refractivity contribution < 1.29 is 4.79 Å². The maximum absolute atomic E-state index is 12.9. The predicted molar refractivity (Wildman–Crippen MR) is 131 cm³/mol. The van der Waals surface area contributed by atoms with Crippen molar-refractivity contribution in [2.75, 3.05) is 19.6 Å². The van der Waals surface area contributed by atoms with Gasteiger partial charge in [-0.1, -0.05) is 50.2 Å². The summed E-state index contributed by atoms with van der Waals surface area (Å²) in [5, 5.41) is 3.16. The van der Waals surface area contributed by atoms with Crippen LogP contribution in [0.5, 0.6) is 0 Å². The molecule has 3 nitrogen and oxygen atoms in total. The van der Waals surface area contributed by atoms with Crippen molar-refractivity contribution in [3.8, 4) is 0 Å². The van der Waals surface area contributed by atoms with Gasteiger partial charge in [-0.05, 0) is 97.6 Å². The van der Waals surface area contributed by atoms with E-state index in [9.17, 15) is 4.79 Å². The van der Waals surface area contributed by atoms with Crippen LogP contribution in [0.3, 0.4) is 0 Å².